The Bertz CT molecular complexity index is 361. The van der Waals surface area contributed by atoms with Gasteiger partial charge in [0, 0.05) is 10.6 Å². The van der Waals surface area contributed by atoms with Crippen molar-refractivity contribution in [1.29, 1.82) is 0 Å². The van der Waals surface area contributed by atoms with Crippen LogP contribution in [0.5, 0.6) is 5.75 Å². The molecule has 0 spiro atoms. The summed E-state index contributed by atoms with van der Waals surface area (Å²) in [5, 5.41) is 0.806. The van der Waals surface area contributed by atoms with Gasteiger partial charge in [-0.05, 0) is 49.4 Å². The van der Waals surface area contributed by atoms with Crippen LogP contribution < -0.4 is 10.5 Å². The second kappa shape index (κ2) is 4.03. The molecule has 0 amide bonds. The fourth-order valence-electron chi connectivity index (χ4n) is 1.66. The Morgan fingerprint density at radius 1 is 1.47 bits per heavy atom. The molecule has 1 aromatic carbocycles. The number of nitrogens with two attached hydrogens (primary N) is 1. The molecule has 0 saturated heterocycles. The van der Waals surface area contributed by atoms with Crippen LogP contribution >= 0.6 is 11.6 Å². The molecule has 1 fully saturated rings. The molecule has 0 atom stereocenters. The van der Waals surface area contributed by atoms with Crippen molar-refractivity contribution in [2.45, 2.75) is 31.2 Å². The Morgan fingerprint density at radius 2 is 2.20 bits per heavy atom. The highest BCUT2D eigenvalue weighted by molar-refractivity contribution is 6.31. The minimum Gasteiger partial charge on any atom is -0.497 e. The van der Waals surface area contributed by atoms with Crippen molar-refractivity contribution < 1.29 is 4.74 Å². The third-order valence-electron chi connectivity index (χ3n) is 3.04. The normalized spacial score (nSPS) is 17.5. The van der Waals surface area contributed by atoms with Crippen LogP contribution in [0.2, 0.25) is 5.02 Å². The summed E-state index contributed by atoms with van der Waals surface area (Å²) in [4.78, 5) is 0. The number of halogens is 1. The van der Waals surface area contributed by atoms with E-state index in [0.29, 0.717) is 0 Å². The van der Waals surface area contributed by atoms with Crippen LogP contribution in [0.4, 0.5) is 0 Å². The van der Waals surface area contributed by atoms with Crippen molar-refractivity contribution in [3.05, 3.63) is 28.8 Å². The first kappa shape index (κ1) is 10.8. The fraction of sp³-hybridized carbons (Fsp3) is 0.500. The monoisotopic (exact) mass is 225 g/mol. The van der Waals surface area contributed by atoms with Crippen molar-refractivity contribution >= 4 is 11.6 Å². The Kier molecular flexibility index (Phi) is 2.89. The van der Waals surface area contributed by atoms with Crippen LogP contribution in [0, 0.1) is 0 Å². The Labute approximate surface area is 95.4 Å². The van der Waals surface area contributed by atoms with Gasteiger partial charge in [0.2, 0.25) is 0 Å². The first-order chi connectivity index (χ1) is 7.13. The molecule has 2 rings (SSSR count). The van der Waals surface area contributed by atoms with Crippen molar-refractivity contribution in [1.82, 2.24) is 0 Å². The molecule has 1 aromatic rings. The van der Waals surface area contributed by atoms with Crippen LogP contribution in [0.25, 0.3) is 0 Å². The molecule has 1 saturated carbocycles. The standard InChI is InChI=1S/C12H16ClNO/c1-15-10-2-3-11(13)9(8-10)4-5-12(14)6-7-12/h2-3,8H,4-7,14H2,1H3. The second-order valence-electron chi connectivity index (χ2n) is 4.32. The van der Waals surface area contributed by atoms with Gasteiger partial charge in [-0.2, -0.15) is 0 Å². The van der Waals surface area contributed by atoms with Gasteiger partial charge in [-0.1, -0.05) is 11.6 Å². The first-order valence-corrected chi connectivity index (χ1v) is 5.62. The van der Waals surface area contributed by atoms with Crippen LogP contribution in [0.1, 0.15) is 24.8 Å². The Balaban J connectivity index is 2.05. The quantitative estimate of drug-likeness (QED) is 0.855. The van der Waals surface area contributed by atoms with E-state index in [1.807, 2.05) is 18.2 Å². The van der Waals surface area contributed by atoms with E-state index >= 15 is 0 Å². The molecule has 0 heterocycles. The van der Waals surface area contributed by atoms with Crippen LogP contribution in [0.3, 0.4) is 0 Å². The number of aryl methyl sites for hydroxylation is 1. The summed E-state index contributed by atoms with van der Waals surface area (Å²) >= 11 is 6.11. The molecule has 0 radical (unpaired) electrons. The number of methoxy groups -OCH3 is 1. The maximum absolute atomic E-state index is 6.11. The maximum Gasteiger partial charge on any atom is 0.119 e. The zero-order chi connectivity index (χ0) is 10.9. The largest absolute Gasteiger partial charge is 0.497 e. The molecule has 0 bridgehead atoms. The SMILES string of the molecule is COc1ccc(Cl)c(CCC2(N)CC2)c1. The summed E-state index contributed by atoms with van der Waals surface area (Å²) < 4.78 is 5.17. The van der Waals surface area contributed by atoms with Gasteiger partial charge in [-0.3, -0.25) is 0 Å². The third-order valence-corrected chi connectivity index (χ3v) is 3.41. The molecule has 0 unspecified atom stereocenters. The zero-order valence-electron chi connectivity index (χ0n) is 8.92. The van der Waals surface area contributed by atoms with Crippen LogP contribution in [0.15, 0.2) is 18.2 Å². The number of hydrogen-bond donors (Lipinski definition) is 1. The van der Waals surface area contributed by atoms with Gasteiger partial charge in [-0.25, -0.2) is 0 Å². The maximum atomic E-state index is 6.11. The van der Waals surface area contributed by atoms with E-state index in [4.69, 9.17) is 22.1 Å². The summed E-state index contributed by atoms with van der Waals surface area (Å²) in [6.07, 6.45) is 4.25. The molecule has 15 heavy (non-hydrogen) atoms. The van der Waals surface area contributed by atoms with Gasteiger partial charge in [0.25, 0.3) is 0 Å². The highest BCUT2D eigenvalue weighted by atomic mass is 35.5. The lowest BCUT2D eigenvalue weighted by Gasteiger charge is -2.10. The van der Waals surface area contributed by atoms with Gasteiger partial charge in [-0.15, -0.1) is 0 Å². The summed E-state index contributed by atoms with van der Waals surface area (Å²) in [5.74, 6) is 0.858. The summed E-state index contributed by atoms with van der Waals surface area (Å²) in [5.41, 5.74) is 7.26. The summed E-state index contributed by atoms with van der Waals surface area (Å²) in [6.45, 7) is 0. The van der Waals surface area contributed by atoms with E-state index < -0.39 is 0 Å². The molecular weight excluding hydrogens is 210 g/mol. The van der Waals surface area contributed by atoms with E-state index in [1.165, 1.54) is 0 Å². The molecule has 1 aliphatic carbocycles. The number of rotatable bonds is 4. The lowest BCUT2D eigenvalue weighted by atomic mass is 10.0. The smallest absolute Gasteiger partial charge is 0.119 e. The predicted octanol–water partition coefficient (Wildman–Crippen LogP) is 2.77. The predicted molar refractivity (Wildman–Crippen MR) is 62.5 cm³/mol. The molecule has 82 valence electrons. The van der Waals surface area contributed by atoms with Crippen molar-refractivity contribution in [3.63, 3.8) is 0 Å². The molecule has 3 heteroatoms. The van der Waals surface area contributed by atoms with Crippen molar-refractivity contribution in [3.8, 4) is 5.75 Å². The van der Waals surface area contributed by atoms with Crippen LogP contribution in [-0.4, -0.2) is 12.6 Å². The summed E-state index contributed by atoms with van der Waals surface area (Å²) in [6, 6.07) is 5.75. The number of benzene rings is 1. The van der Waals surface area contributed by atoms with Crippen LogP contribution in [-0.2, 0) is 6.42 Å². The lowest BCUT2D eigenvalue weighted by molar-refractivity contribution is 0.414. The molecule has 1 aliphatic rings. The average Bonchev–Trinajstić information content (AvgIpc) is 2.96. The van der Waals surface area contributed by atoms with Gasteiger partial charge in [0.1, 0.15) is 5.75 Å². The van der Waals surface area contributed by atoms with Crippen molar-refractivity contribution in [2.24, 2.45) is 5.73 Å². The van der Waals surface area contributed by atoms with Gasteiger partial charge in [0.05, 0.1) is 7.11 Å². The topological polar surface area (TPSA) is 35.2 Å². The van der Waals surface area contributed by atoms with Gasteiger partial charge >= 0.3 is 0 Å². The average molecular weight is 226 g/mol. The minimum absolute atomic E-state index is 0.0897. The van der Waals surface area contributed by atoms with Gasteiger partial charge < -0.3 is 10.5 Å². The van der Waals surface area contributed by atoms with E-state index in [1.54, 1.807) is 7.11 Å². The minimum atomic E-state index is 0.0897. The molecule has 2 nitrogen and oxygen atoms in total. The number of ether oxygens (including phenoxy) is 1. The van der Waals surface area contributed by atoms with E-state index in [0.717, 1.165) is 42.0 Å². The van der Waals surface area contributed by atoms with E-state index in [9.17, 15) is 0 Å². The van der Waals surface area contributed by atoms with Gasteiger partial charge in [0.15, 0.2) is 0 Å². The van der Waals surface area contributed by atoms with E-state index in [-0.39, 0.29) is 5.54 Å². The molecular formula is C12H16ClNO. The highest BCUT2D eigenvalue weighted by Crippen LogP contribution is 2.37. The second-order valence-corrected chi connectivity index (χ2v) is 4.73. The lowest BCUT2D eigenvalue weighted by Crippen LogP contribution is -2.22. The van der Waals surface area contributed by atoms with Crippen molar-refractivity contribution in [2.75, 3.05) is 7.11 Å². The number of hydrogen-bond acceptors (Lipinski definition) is 2. The fourth-order valence-corrected chi connectivity index (χ4v) is 1.88. The Morgan fingerprint density at radius 3 is 2.80 bits per heavy atom. The molecule has 2 N–H and O–H groups in total. The first-order valence-electron chi connectivity index (χ1n) is 5.24. The summed E-state index contributed by atoms with van der Waals surface area (Å²) in [7, 11) is 1.67. The van der Waals surface area contributed by atoms with E-state index in [2.05, 4.69) is 0 Å². The molecule has 0 aliphatic heterocycles. The Hall–Kier alpha value is -0.730. The highest BCUT2D eigenvalue weighted by Gasteiger charge is 2.37. The molecule has 0 aromatic heterocycles. The third kappa shape index (κ3) is 2.64. The zero-order valence-corrected chi connectivity index (χ0v) is 9.68.